The zero-order valence-electron chi connectivity index (χ0n) is 13.9. The fourth-order valence-corrected chi connectivity index (χ4v) is 3.62. The molecule has 0 atom stereocenters. The van der Waals surface area contributed by atoms with E-state index in [1.54, 1.807) is 0 Å². The van der Waals surface area contributed by atoms with E-state index in [1.165, 1.54) is 61.8 Å². The maximum Gasteiger partial charge on any atom is 0.128 e. The van der Waals surface area contributed by atoms with Crippen LogP contribution in [0.2, 0.25) is 0 Å². The Balaban J connectivity index is 1.77. The summed E-state index contributed by atoms with van der Waals surface area (Å²) in [6.07, 6.45) is 7.35. The molecule has 1 N–H and O–H groups in total. The first kappa shape index (κ1) is 15.4. The molecular weight excluding hydrogens is 272 g/mol. The second-order valence-corrected chi connectivity index (χ2v) is 6.33. The Morgan fingerprint density at radius 3 is 2.77 bits per heavy atom. The maximum absolute atomic E-state index is 5.85. The van der Waals surface area contributed by atoms with Crippen molar-refractivity contribution in [1.29, 1.82) is 0 Å². The van der Waals surface area contributed by atoms with Gasteiger partial charge in [-0.15, -0.1) is 0 Å². The topological polar surface area (TPSA) is 28.3 Å². The molecule has 1 fully saturated rings. The van der Waals surface area contributed by atoms with Crippen molar-refractivity contribution in [3.05, 3.63) is 30.0 Å². The Hall–Kier alpha value is -1.48. The van der Waals surface area contributed by atoms with E-state index in [0.717, 1.165) is 12.4 Å². The van der Waals surface area contributed by atoms with Crippen molar-refractivity contribution < 1.29 is 4.74 Å². The number of nitrogens with one attached hydrogen (secondary N) is 1. The highest BCUT2D eigenvalue weighted by atomic mass is 16.5. The van der Waals surface area contributed by atoms with E-state index in [2.05, 4.69) is 48.1 Å². The molecule has 3 nitrogen and oxygen atoms in total. The van der Waals surface area contributed by atoms with Crippen molar-refractivity contribution in [2.45, 2.75) is 45.4 Å². The molecule has 3 rings (SSSR count). The van der Waals surface area contributed by atoms with E-state index in [0.29, 0.717) is 5.92 Å². The zero-order chi connectivity index (χ0) is 15.4. The van der Waals surface area contributed by atoms with E-state index >= 15 is 0 Å². The van der Waals surface area contributed by atoms with Gasteiger partial charge in [0.05, 0.1) is 6.61 Å². The van der Waals surface area contributed by atoms with Gasteiger partial charge in [-0.1, -0.05) is 19.4 Å². The Kier molecular flexibility index (Phi) is 5.04. The highest BCUT2D eigenvalue weighted by Gasteiger charge is 2.23. The predicted octanol–water partition coefficient (Wildman–Crippen LogP) is 4.55. The first-order valence-corrected chi connectivity index (χ1v) is 8.78. The van der Waals surface area contributed by atoms with Gasteiger partial charge < -0.3 is 14.6 Å². The SMILES string of the molecule is CCCCN1CCC(c2c[nH]c3cccc(OCC)c23)CC1. The number of aromatic amines is 1. The van der Waals surface area contributed by atoms with Gasteiger partial charge in [0.15, 0.2) is 0 Å². The van der Waals surface area contributed by atoms with E-state index in [9.17, 15) is 0 Å². The fourth-order valence-electron chi connectivity index (χ4n) is 3.62. The van der Waals surface area contributed by atoms with Gasteiger partial charge in [-0.3, -0.25) is 0 Å². The number of nitrogens with zero attached hydrogens (tertiary/aromatic N) is 1. The van der Waals surface area contributed by atoms with Crippen LogP contribution < -0.4 is 4.74 Å². The number of hydrogen-bond donors (Lipinski definition) is 1. The molecule has 22 heavy (non-hydrogen) atoms. The predicted molar refractivity (Wildman–Crippen MR) is 92.8 cm³/mol. The van der Waals surface area contributed by atoms with Crippen LogP contribution in [0.4, 0.5) is 0 Å². The molecule has 120 valence electrons. The smallest absolute Gasteiger partial charge is 0.128 e. The third-order valence-corrected chi connectivity index (χ3v) is 4.85. The molecule has 1 aromatic heterocycles. The highest BCUT2D eigenvalue weighted by molar-refractivity contribution is 5.89. The van der Waals surface area contributed by atoms with Crippen molar-refractivity contribution in [2.24, 2.45) is 0 Å². The van der Waals surface area contributed by atoms with Gasteiger partial charge >= 0.3 is 0 Å². The summed E-state index contributed by atoms with van der Waals surface area (Å²) in [6, 6.07) is 6.32. The molecule has 1 aliphatic heterocycles. The average molecular weight is 300 g/mol. The maximum atomic E-state index is 5.85. The summed E-state index contributed by atoms with van der Waals surface area (Å²) < 4.78 is 5.85. The average Bonchev–Trinajstić information content (AvgIpc) is 2.99. The third kappa shape index (κ3) is 3.14. The number of ether oxygens (including phenoxy) is 1. The molecule has 0 unspecified atom stereocenters. The largest absolute Gasteiger partial charge is 0.493 e. The molecule has 0 bridgehead atoms. The summed E-state index contributed by atoms with van der Waals surface area (Å²) in [6.45, 7) is 8.77. The molecule has 1 saturated heterocycles. The van der Waals surface area contributed by atoms with Crippen LogP contribution in [0.1, 0.15) is 51.0 Å². The van der Waals surface area contributed by atoms with Crippen molar-refractivity contribution in [1.82, 2.24) is 9.88 Å². The van der Waals surface area contributed by atoms with E-state index in [-0.39, 0.29) is 0 Å². The minimum Gasteiger partial charge on any atom is -0.493 e. The number of rotatable bonds is 6. The van der Waals surface area contributed by atoms with Crippen LogP contribution in [0.15, 0.2) is 24.4 Å². The lowest BCUT2D eigenvalue weighted by molar-refractivity contribution is 0.210. The van der Waals surface area contributed by atoms with Gasteiger partial charge in [-0.25, -0.2) is 0 Å². The lowest BCUT2D eigenvalue weighted by Crippen LogP contribution is -2.33. The molecule has 0 amide bonds. The first-order valence-electron chi connectivity index (χ1n) is 8.78. The minimum absolute atomic E-state index is 0.660. The number of fused-ring (bicyclic) bond motifs is 1. The van der Waals surface area contributed by atoms with E-state index < -0.39 is 0 Å². The summed E-state index contributed by atoms with van der Waals surface area (Å²) in [5, 5.41) is 1.30. The van der Waals surface area contributed by atoms with Crippen LogP contribution in [0.3, 0.4) is 0 Å². The van der Waals surface area contributed by atoms with Crippen molar-refractivity contribution >= 4 is 10.9 Å². The van der Waals surface area contributed by atoms with Gasteiger partial charge in [0.2, 0.25) is 0 Å². The highest BCUT2D eigenvalue weighted by Crippen LogP contribution is 2.37. The molecule has 2 heterocycles. The fraction of sp³-hybridized carbons (Fsp3) is 0.579. The van der Waals surface area contributed by atoms with Gasteiger partial charge in [0.1, 0.15) is 5.75 Å². The minimum atomic E-state index is 0.660. The normalized spacial score (nSPS) is 17.2. The monoisotopic (exact) mass is 300 g/mol. The number of piperidine rings is 1. The van der Waals surface area contributed by atoms with Gasteiger partial charge in [-0.05, 0) is 69.4 Å². The van der Waals surface area contributed by atoms with Crippen LogP contribution >= 0.6 is 0 Å². The van der Waals surface area contributed by atoms with Crippen LogP contribution in [0, 0.1) is 0 Å². The molecule has 1 aromatic carbocycles. The Bertz CT molecular complexity index is 597. The van der Waals surface area contributed by atoms with Crippen molar-refractivity contribution in [3.63, 3.8) is 0 Å². The summed E-state index contributed by atoms with van der Waals surface area (Å²) in [4.78, 5) is 6.06. The molecule has 0 aliphatic carbocycles. The number of hydrogen-bond acceptors (Lipinski definition) is 2. The summed E-state index contributed by atoms with van der Waals surface area (Å²) in [5.41, 5.74) is 2.66. The second-order valence-electron chi connectivity index (χ2n) is 6.33. The summed E-state index contributed by atoms with van der Waals surface area (Å²) >= 11 is 0. The van der Waals surface area contributed by atoms with Crippen LogP contribution in [0.25, 0.3) is 10.9 Å². The zero-order valence-corrected chi connectivity index (χ0v) is 13.9. The molecule has 0 spiro atoms. The van der Waals surface area contributed by atoms with E-state index in [1.807, 2.05) is 0 Å². The van der Waals surface area contributed by atoms with Crippen LogP contribution in [-0.4, -0.2) is 36.1 Å². The quantitative estimate of drug-likeness (QED) is 0.848. The van der Waals surface area contributed by atoms with Crippen LogP contribution in [-0.2, 0) is 0 Å². The second kappa shape index (κ2) is 7.19. The molecule has 3 heteroatoms. The number of H-pyrrole nitrogens is 1. The van der Waals surface area contributed by atoms with Crippen molar-refractivity contribution in [3.8, 4) is 5.75 Å². The van der Waals surface area contributed by atoms with Crippen LogP contribution in [0.5, 0.6) is 5.75 Å². The molecule has 2 aromatic rings. The molecule has 0 saturated carbocycles. The number of aromatic nitrogens is 1. The van der Waals surface area contributed by atoms with Gasteiger partial charge in [0.25, 0.3) is 0 Å². The molecule has 0 radical (unpaired) electrons. The lowest BCUT2D eigenvalue weighted by Gasteiger charge is -2.32. The summed E-state index contributed by atoms with van der Waals surface area (Å²) in [5.74, 6) is 1.69. The standard InChI is InChI=1S/C19H28N2O/c1-3-5-11-21-12-9-15(10-13-21)16-14-20-17-7-6-8-18(19(16)17)22-4-2/h6-8,14-15,20H,3-5,9-13H2,1-2H3. The Morgan fingerprint density at radius 2 is 2.05 bits per heavy atom. The Labute approximate surface area is 133 Å². The summed E-state index contributed by atoms with van der Waals surface area (Å²) in [7, 11) is 0. The number of benzene rings is 1. The Morgan fingerprint density at radius 1 is 1.23 bits per heavy atom. The molecular formula is C19H28N2O. The number of unbranched alkanes of at least 4 members (excludes halogenated alkanes) is 1. The molecule has 1 aliphatic rings. The number of likely N-dealkylation sites (tertiary alicyclic amines) is 1. The third-order valence-electron chi connectivity index (χ3n) is 4.85. The first-order chi connectivity index (χ1) is 10.8. The lowest BCUT2D eigenvalue weighted by atomic mass is 9.89. The van der Waals surface area contributed by atoms with Gasteiger partial charge in [0, 0.05) is 17.1 Å². The van der Waals surface area contributed by atoms with E-state index in [4.69, 9.17) is 4.74 Å². The van der Waals surface area contributed by atoms with Gasteiger partial charge in [-0.2, -0.15) is 0 Å². The van der Waals surface area contributed by atoms with Crippen molar-refractivity contribution in [2.75, 3.05) is 26.2 Å².